The second-order valence-corrected chi connectivity index (χ2v) is 7.30. The van der Waals surface area contributed by atoms with Crippen LogP contribution in [0.2, 0.25) is 0 Å². The van der Waals surface area contributed by atoms with Crippen molar-refractivity contribution in [1.29, 1.82) is 0 Å². The second-order valence-electron chi connectivity index (χ2n) is 5.46. The van der Waals surface area contributed by atoms with Crippen molar-refractivity contribution in [1.82, 2.24) is 10.2 Å². The van der Waals surface area contributed by atoms with Gasteiger partial charge in [0.1, 0.15) is 0 Å². The summed E-state index contributed by atoms with van der Waals surface area (Å²) in [6, 6.07) is 10.3. The number of carbonyl (C=O) groups is 1. The minimum absolute atomic E-state index is 0.0613. The molecule has 25 heavy (non-hydrogen) atoms. The Kier molecular flexibility index (Phi) is 6.29. The highest BCUT2D eigenvalue weighted by atomic mass is 32.2. The lowest BCUT2D eigenvalue weighted by molar-refractivity contribution is -0.114. The average Bonchev–Trinajstić information content (AvgIpc) is 2.56. The van der Waals surface area contributed by atoms with E-state index in [1.54, 1.807) is 36.4 Å². The van der Waals surface area contributed by atoms with Crippen LogP contribution in [0.25, 0.3) is 0 Å². The highest BCUT2D eigenvalue weighted by molar-refractivity contribution is 7.92. The van der Waals surface area contributed by atoms with E-state index < -0.39 is 10.0 Å². The Hall–Kier alpha value is -2.68. The normalized spacial score (nSPS) is 11.0. The molecule has 1 heterocycles. The minimum Gasteiger partial charge on any atom is -0.339 e. The Balaban J connectivity index is 1.97. The van der Waals surface area contributed by atoms with E-state index in [4.69, 9.17) is 0 Å². The molecule has 0 radical (unpaired) electrons. The standard InChI is InChI=1S/C16H21N5O3S/c1-3-4-11-25(23,24)21-16-10-9-15(19-20-16)18-14-7-5-13(6-8-14)17-12(2)22/h5-10H,3-4,11H2,1-2H3,(H,17,22)(H,18,19)(H,20,21). The van der Waals surface area contributed by atoms with Gasteiger partial charge in [-0.2, -0.15) is 0 Å². The fourth-order valence-electron chi connectivity index (χ4n) is 1.99. The number of anilines is 4. The summed E-state index contributed by atoms with van der Waals surface area (Å²) in [6.45, 7) is 3.37. The van der Waals surface area contributed by atoms with Crippen LogP contribution in [0.4, 0.5) is 23.0 Å². The van der Waals surface area contributed by atoms with Crippen LogP contribution in [0.3, 0.4) is 0 Å². The summed E-state index contributed by atoms with van der Waals surface area (Å²) in [7, 11) is -3.39. The largest absolute Gasteiger partial charge is 0.339 e. The van der Waals surface area contributed by atoms with Crippen LogP contribution in [-0.4, -0.2) is 30.3 Å². The van der Waals surface area contributed by atoms with Gasteiger partial charge >= 0.3 is 0 Å². The molecule has 0 saturated carbocycles. The van der Waals surface area contributed by atoms with E-state index in [9.17, 15) is 13.2 Å². The zero-order valence-corrected chi connectivity index (χ0v) is 14.9. The number of nitrogens with one attached hydrogen (secondary N) is 3. The first-order chi connectivity index (χ1) is 11.9. The van der Waals surface area contributed by atoms with E-state index >= 15 is 0 Å². The number of aromatic nitrogens is 2. The fourth-order valence-corrected chi connectivity index (χ4v) is 3.18. The van der Waals surface area contributed by atoms with Crippen molar-refractivity contribution in [2.45, 2.75) is 26.7 Å². The number of amides is 1. The molecule has 0 aliphatic rings. The molecule has 0 fully saturated rings. The molecule has 0 bridgehead atoms. The molecule has 134 valence electrons. The SMILES string of the molecule is CCCCS(=O)(=O)Nc1ccc(Nc2ccc(NC(C)=O)cc2)nn1. The van der Waals surface area contributed by atoms with Crippen LogP contribution in [0.15, 0.2) is 36.4 Å². The van der Waals surface area contributed by atoms with Crippen molar-refractivity contribution in [3.8, 4) is 0 Å². The lowest BCUT2D eigenvalue weighted by Gasteiger charge is -2.08. The molecule has 0 aliphatic heterocycles. The average molecular weight is 363 g/mol. The first-order valence-electron chi connectivity index (χ1n) is 7.87. The summed E-state index contributed by atoms with van der Waals surface area (Å²) >= 11 is 0. The van der Waals surface area contributed by atoms with Gasteiger partial charge in [-0.3, -0.25) is 9.52 Å². The number of hydrogen-bond donors (Lipinski definition) is 3. The Morgan fingerprint density at radius 3 is 2.16 bits per heavy atom. The first-order valence-corrected chi connectivity index (χ1v) is 9.52. The van der Waals surface area contributed by atoms with Gasteiger partial charge in [0.2, 0.25) is 15.9 Å². The molecule has 1 aromatic carbocycles. The van der Waals surface area contributed by atoms with E-state index in [2.05, 4.69) is 25.6 Å². The second kappa shape index (κ2) is 8.43. The number of hydrogen-bond acceptors (Lipinski definition) is 6. The maximum Gasteiger partial charge on any atom is 0.233 e. The summed E-state index contributed by atoms with van der Waals surface area (Å²) in [5, 5.41) is 13.5. The highest BCUT2D eigenvalue weighted by Gasteiger charge is 2.10. The summed E-state index contributed by atoms with van der Waals surface area (Å²) in [5.74, 6) is 0.584. The lowest BCUT2D eigenvalue weighted by atomic mass is 10.2. The Morgan fingerprint density at radius 2 is 1.60 bits per heavy atom. The smallest absolute Gasteiger partial charge is 0.233 e. The third kappa shape index (κ3) is 6.38. The van der Waals surface area contributed by atoms with Crippen LogP contribution in [0.1, 0.15) is 26.7 Å². The van der Waals surface area contributed by atoms with Crippen LogP contribution in [0, 0.1) is 0 Å². The first kappa shape index (κ1) is 18.7. The lowest BCUT2D eigenvalue weighted by Crippen LogP contribution is -2.17. The minimum atomic E-state index is -3.39. The zero-order valence-electron chi connectivity index (χ0n) is 14.1. The fraction of sp³-hybridized carbons (Fsp3) is 0.312. The molecule has 0 unspecified atom stereocenters. The summed E-state index contributed by atoms with van der Waals surface area (Å²) in [6.07, 6.45) is 1.40. The molecule has 0 spiro atoms. The Morgan fingerprint density at radius 1 is 1.00 bits per heavy atom. The molecule has 0 saturated heterocycles. The third-order valence-corrected chi connectivity index (χ3v) is 4.52. The van der Waals surface area contributed by atoms with Gasteiger partial charge in [-0.25, -0.2) is 8.42 Å². The van der Waals surface area contributed by atoms with Crippen molar-refractivity contribution in [3.05, 3.63) is 36.4 Å². The third-order valence-electron chi connectivity index (χ3n) is 3.17. The van der Waals surface area contributed by atoms with Crippen LogP contribution < -0.4 is 15.4 Å². The molecule has 9 heteroatoms. The van der Waals surface area contributed by atoms with E-state index in [0.717, 1.165) is 12.1 Å². The van der Waals surface area contributed by atoms with Crippen LogP contribution in [0.5, 0.6) is 0 Å². The van der Waals surface area contributed by atoms with E-state index in [1.165, 1.54) is 6.92 Å². The van der Waals surface area contributed by atoms with Gasteiger partial charge in [-0.15, -0.1) is 10.2 Å². The Bertz CT molecular complexity index is 805. The molecule has 3 N–H and O–H groups in total. The number of sulfonamides is 1. The van der Waals surface area contributed by atoms with Gasteiger partial charge in [0, 0.05) is 18.3 Å². The van der Waals surface area contributed by atoms with Crippen molar-refractivity contribution in [2.75, 3.05) is 21.1 Å². The van der Waals surface area contributed by atoms with Crippen molar-refractivity contribution in [3.63, 3.8) is 0 Å². The molecule has 8 nitrogen and oxygen atoms in total. The number of carbonyl (C=O) groups excluding carboxylic acids is 1. The maximum absolute atomic E-state index is 11.8. The van der Waals surface area contributed by atoms with Crippen LogP contribution >= 0.6 is 0 Å². The molecule has 2 rings (SSSR count). The molecular weight excluding hydrogens is 342 g/mol. The van der Waals surface area contributed by atoms with Gasteiger partial charge in [0.15, 0.2) is 11.6 Å². The molecule has 0 aliphatic carbocycles. The molecule has 0 atom stereocenters. The summed E-state index contributed by atoms with van der Waals surface area (Å²) < 4.78 is 26.0. The number of rotatable bonds is 8. The predicted molar refractivity (Wildman–Crippen MR) is 98.4 cm³/mol. The summed E-state index contributed by atoms with van der Waals surface area (Å²) in [4.78, 5) is 11.0. The number of nitrogens with zero attached hydrogens (tertiary/aromatic N) is 2. The zero-order chi connectivity index (χ0) is 18.3. The monoisotopic (exact) mass is 363 g/mol. The van der Waals surface area contributed by atoms with Crippen LogP contribution in [-0.2, 0) is 14.8 Å². The predicted octanol–water partition coefficient (Wildman–Crippen LogP) is 2.72. The van der Waals surface area contributed by atoms with E-state index in [0.29, 0.717) is 17.9 Å². The van der Waals surface area contributed by atoms with Gasteiger partial charge < -0.3 is 10.6 Å². The number of benzene rings is 1. The van der Waals surface area contributed by atoms with E-state index in [1.807, 2.05) is 6.92 Å². The van der Waals surface area contributed by atoms with Crippen molar-refractivity contribution in [2.24, 2.45) is 0 Å². The van der Waals surface area contributed by atoms with Crippen molar-refractivity contribution >= 4 is 38.9 Å². The van der Waals surface area contributed by atoms with E-state index in [-0.39, 0.29) is 17.5 Å². The quantitative estimate of drug-likeness (QED) is 0.664. The van der Waals surface area contributed by atoms with Gasteiger partial charge in [0.25, 0.3) is 0 Å². The topological polar surface area (TPSA) is 113 Å². The number of unbranched alkanes of at least 4 members (excludes halogenated alkanes) is 1. The Labute approximate surface area is 147 Å². The highest BCUT2D eigenvalue weighted by Crippen LogP contribution is 2.18. The molecule has 2 aromatic rings. The maximum atomic E-state index is 11.8. The molecule has 1 aromatic heterocycles. The summed E-state index contributed by atoms with van der Waals surface area (Å²) in [5.41, 5.74) is 1.46. The van der Waals surface area contributed by atoms with Crippen molar-refractivity contribution < 1.29 is 13.2 Å². The van der Waals surface area contributed by atoms with Gasteiger partial charge in [-0.1, -0.05) is 13.3 Å². The molecule has 1 amide bonds. The van der Waals surface area contributed by atoms with Gasteiger partial charge in [-0.05, 0) is 42.8 Å². The molecular formula is C16H21N5O3S. The van der Waals surface area contributed by atoms with Gasteiger partial charge in [0.05, 0.1) is 5.75 Å².